The minimum Gasteiger partial charge on any atom is -0.335 e. The fourth-order valence-electron chi connectivity index (χ4n) is 2.23. The number of anilines is 4. The molecule has 0 saturated carbocycles. The summed E-state index contributed by atoms with van der Waals surface area (Å²) in [6, 6.07) is 10.7. The molecule has 0 aliphatic heterocycles. The van der Waals surface area contributed by atoms with Gasteiger partial charge in [0.15, 0.2) is 0 Å². The predicted molar refractivity (Wildman–Crippen MR) is 95.9 cm³/mol. The van der Waals surface area contributed by atoms with E-state index in [0.717, 1.165) is 5.56 Å². The van der Waals surface area contributed by atoms with Crippen LogP contribution in [0.25, 0.3) is 0 Å². The highest BCUT2D eigenvalue weighted by atomic mass is 35.5. The van der Waals surface area contributed by atoms with Gasteiger partial charge in [-0.1, -0.05) is 23.7 Å². The molecule has 0 radical (unpaired) electrons. The molecule has 0 bridgehead atoms. The Kier molecular flexibility index (Phi) is 4.81. The summed E-state index contributed by atoms with van der Waals surface area (Å²) in [5.41, 5.74) is 2.04. The van der Waals surface area contributed by atoms with Crippen LogP contribution in [0, 0.1) is 25.5 Å². The zero-order valence-electron chi connectivity index (χ0n) is 13.6. The van der Waals surface area contributed by atoms with Crippen molar-refractivity contribution in [3.63, 3.8) is 0 Å². The summed E-state index contributed by atoms with van der Waals surface area (Å²) in [5.74, 6) is -0.830. The number of aromatic nitrogens is 2. The molecule has 0 saturated heterocycles. The van der Waals surface area contributed by atoms with Crippen molar-refractivity contribution in [1.82, 2.24) is 9.97 Å². The van der Waals surface area contributed by atoms with E-state index in [4.69, 9.17) is 11.6 Å². The van der Waals surface area contributed by atoms with Crippen LogP contribution in [-0.2, 0) is 0 Å². The maximum Gasteiger partial charge on any atom is 0.229 e. The van der Waals surface area contributed by atoms with Crippen LogP contribution in [0.4, 0.5) is 31.9 Å². The normalized spacial score (nSPS) is 10.6. The Morgan fingerprint density at radius 3 is 2.32 bits per heavy atom. The van der Waals surface area contributed by atoms with E-state index in [1.807, 2.05) is 19.1 Å². The summed E-state index contributed by atoms with van der Waals surface area (Å²) >= 11 is 6.11. The van der Waals surface area contributed by atoms with Crippen LogP contribution in [0.15, 0.2) is 42.5 Å². The average Bonchev–Trinajstić information content (AvgIpc) is 2.54. The van der Waals surface area contributed by atoms with Gasteiger partial charge in [0, 0.05) is 22.5 Å². The molecule has 2 N–H and O–H groups in total. The van der Waals surface area contributed by atoms with Crippen molar-refractivity contribution in [1.29, 1.82) is 0 Å². The van der Waals surface area contributed by atoms with E-state index in [2.05, 4.69) is 20.6 Å². The Hall–Kier alpha value is -2.73. The lowest BCUT2D eigenvalue weighted by atomic mass is 10.2. The van der Waals surface area contributed by atoms with Gasteiger partial charge in [-0.2, -0.15) is 4.98 Å². The van der Waals surface area contributed by atoms with Crippen molar-refractivity contribution in [2.75, 3.05) is 10.6 Å². The van der Waals surface area contributed by atoms with E-state index < -0.39 is 11.6 Å². The van der Waals surface area contributed by atoms with Gasteiger partial charge in [-0.15, -0.1) is 0 Å². The van der Waals surface area contributed by atoms with E-state index in [1.54, 1.807) is 19.1 Å². The number of benzene rings is 2. The van der Waals surface area contributed by atoms with Crippen LogP contribution < -0.4 is 10.6 Å². The number of nitrogens with zero attached hydrogens (tertiary/aromatic N) is 2. The molecule has 4 nitrogen and oxygen atoms in total. The number of hydrogen-bond acceptors (Lipinski definition) is 4. The smallest absolute Gasteiger partial charge is 0.229 e. The SMILES string of the molecule is Cc1cc(Nc2c(F)cccc2F)nc(Nc2ccc(C)c(Cl)c2)n1. The van der Waals surface area contributed by atoms with Gasteiger partial charge in [-0.25, -0.2) is 13.8 Å². The number of para-hydroxylation sites is 1. The number of nitrogens with one attached hydrogen (secondary N) is 2. The third-order valence-electron chi connectivity index (χ3n) is 3.50. The molecule has 25 heavy (non-hydrogen) atoms. The van der Waals surface area contributed by atoms with E-state index in [1.165, 1.54) is 18.2 Å². The second-order valence-corrected chi connectivity index (χ2v) is 5.94. The number of hydrogen-bond donors (Lipinski definition) is 2. The molecular formula is C18H15ClF2N4. The molecular weight excluding hydrogens is 346 g/mol. The molecule has 0 spiro atoms. The number of aryl methyl sites for hydroxylation is 2. The third kappa shape index (κ3) is 4.03. The van der Waals surface area contributed by atoms with Crippen LogP contribution in [0.5, 0.6) is 0 Å². The summed E-state index contributed by atoms with van der Waals surface area (Å²) < 4.78 is 27.6. The van der Waals surface area contributed by atoms with Crippen molar-refractivity contribution < 1.29 is 8.78 Å². The van der Waals surface area contributed by atoms with Gasteiger partial charge in [0.2, 0.25) is 5.95 Å². The van der Waals surface area contributed by atoms with E-state index >= 15 is 0 Å². The summed E-state index contributed by atoms with van der Waals surface area (Å²) in [5, 5.41) is 6.31. The first-order valence-corrected chi connectivity index (χ1v) is 7.90. The zero-order chi connectivity index (χ0) is 18.0. The quantitative estimate of drug-likeness (QED) is 0.644. The second kappa shape index (κ2) is 7.03. The molecule has 0 fully saturated rings. The molecule has 3 aromatic rings. The highest BCUT2D eigenvalue weighted by Crippen LogP contribution is 2.25. The van der Waals surface area contributed by atoms with Gasteiger partial charge in [0.1, 0.15) is 23.1 Å². The van der Waals surface area contributed by atoms with Crippen molar-refractivity contribution in [3.05, 3.63) is 70.4 Å². The van der Waals surface area contributed by atoms with Gasteiger partial charge >= 0.3 is 0 Å². The molecule has 1 aromatic heterocycles. The highest BCUT2D eigenvalue weighted by Gasteiger charge is 2.11. The second-order valence-electron chi connectivity index (χ2n) is 5.53. The fourth-order valence-corrected chi connectivity index (χ4v) is 2.41. The molecule has 0 aliphatic carbocycles. The van der Waals surface area contributed by atoms with Crippen molar-refractivity contribution >= 4 is 34.7 Å². The molecule has 3 rings (SSSR count). The van der Waals surface area contributed by atoms with Crippen LogP contribution in [0.3, 0.4) is 0 Å². The van der Waals surface area contributed by atoms with Crippen molar-refractivity contribution in [2.24, 2.45) is 0 Å². The lowest BCUT2D eigenvalue weighted by Gasteiger charge is -2.11. The third-order valence-corrected chi connectivity index (χ3v) is 3.91. The standard InChI is InChI=1S/C18H15ClF2N4/c1-10-6-7-12(9-13(10)19)23-18-22-11(2)8-16(25-18)24-17-14(20)4-3-5-15(17)21/h3-9H,1-2H3,(H2,22,23,24,25). The average molecular weight is 361 g/mol. The minimum absolute atomic E-state index is 0.259. The Balaban J connectivity index is 1.89. The molecule has 0 atom stereocenters. The van der Waals surface area contributed by atoms with Gasteiger partial charge in [-0.3, -0.25) is 0 Å². The van der Waals surface area contributed by atoms with E-state index in [0.29, 0.717) is 22.4 Å². The summed E-state index contributed by atoms with van der Waals surface area (Å²) in [6.45, 7) is 3.66. The van der Waals surface area contributed by atoms with Crippen LogP contribution in [-0.4, -0.2) is 9.97 Å². The van der Waals surface area contributed by atoms with Gasteiger partial charge < -0.3 is 10.6 Å². The lowest BCUT2D eigenvalue weighted by molar-refractivity contribution is 0.590. The Labute approximate surface area is 148 Å². The molecule has 0 aliphatic rings. The van der Waals surface area contributed by atoms with E-state index in [-0.39, 0.29) is 11.5 Å². The first-order valence-electron chi connectivity index (χ1n) is 7.52. The molecule has 128 valence electrons. The molecule has 7 heteroatoms. The van der Waals surface area contributed by atoms with E-state index in [9.17, 15) is 8.78 Å². The summed E-state index contributed by atoms with van der Waals surface area (Å²) in [7, 11) is 0. The lowest BCUT2D eigenvalue weighted by Crippen LogP contribution is -2.04. The largest absolute Gasteiger partial charge is 0.335 e. The first-order chi connectivity index (χ1) is 11.9. The number of rotatable bonds is 4. The predicted octanol–water partition coefficient (Wildman–Crippen LogP) is 5.51. The maximum atomic E-state index is 13.8. The first kappa shape index (κ1) is 17.1. The molecule has 1 heterocycles. The van der Waals surface area contributed by atoms with Crippen LogP contribution in [0.2, 0.25) is 5.02 Å². The van der Waals surface area contributed by atoms with Gasteiger partial charge in [0.25, 0.3) is 0 Å². The number of halogens is 3. The maximum absolute atomic E-state index is 13.8. The fraction of sp³-hybridized carbons (Fsp3) is 0.111. The van der Waals surface area contributed by atoms with Crippen molar-refractivity contribution in [2.45, 2.75) is 13.8 Å². The summed E-state index contributed by atoms with van der Waals surface area (Å²) in [4.78, 5) is 8.52. The zero-order valence-corrected chi connectivity index (χ0v) is 14.3. The molecule has 0 amide bonds. The highest BCUT2D eigenvalue weighted by molar-refractivity contribution is 6.31. The molecule has 0 unspecified atom stereocenters. The Morgan fingerprint density at radius 2 is 1.64 bits per heavy atom. The van der Waals surface area contributed by atoms with Gasteiger partial charge in [0.05, 0.1) is 0 Å². The van der Waals surface area contributed by atoms with Crippen LogP contribution in [0.1, 0.15) is 11.3 Å². The topological polar surface area (TPSA) is 49.8 Å². The molecule has 2 aromatic carbocycles. The van der Waals surface area contributed by atoms with Crippen LogP contribution >= 0.6 is 11.6 Å². The minimum atomic E-state index is -0.698. The monoisotopic (exact) mass is 360 g/mol. The van der Waals surface area contributed by atoms with Crippen molar-refractivity contribution in [3.8, 4) is 0 Å². The Bertz CT molecular complexity index is 911. The van der Waals surface area contributed by atoms with Gasteiger partial charge in [-0.05, 0) is 43.7 Å². The Morgan fingerprint density at radius 1 is 0.920 bits per heavy atom. The summed E-state index contributed by atoms with van der Waals surface area (Å²) in [6.07, 6.45) is 0.